The Kier molecular flexibility index (Phi) is 4.28. The van der Waals surface area contributed by atoms with Crippen LogP contribution in [-0.4, -0.2) is 13.1 Å². The number of nitrogens with one attached hydrogen (secondary N) is 1. The molecule has 2 heteroatoms. The lowest BCUT2D eigenvalue weighted by Gasteiger charge is -2.26. The first-order valence-electron chi connectivity index (χ1n) is 7.66. The van der Waals surface area contributed by atoms with Crippen LogP contribution in [0.4, 0.5) is 0 Å². The first-order valence-corrected chi connectivity index (χ1v) is 8.45. The summed E-state index contributed by atoms with van der Waals surface area (Å²) in [5.74, 6) is 3.10. The minimum Gasteiger partial charge on any atom is -0.317 e. The maximum Gasteiger partial charge on any atom is 0.0178 e. The molecule has 1 aromatic carbocycles. The van der Waals surface area contributed by atoms with Gasteiger partial charge in [-0.05, 0) is 74.6 Å². The van der Waals surface area contributed by atoms with Crippen LogP contribution in [0.5, 0.6) is 0 Å². The van der Waals surface area contributed by atoms with Crippen LogP contribution in [0.3, 0.4) is 0 Å². The standard InChI is InChI=1S/C17H24BrN/c1-19-17(10-12-3-2-4-16(18)9-12)11-15-8-13-5-6-14(15)7-13/h2-4,9,13-15,17,19H,5-8,10-11H2,1H3. The van der Waals surface area contributed by atoms with Gasteiger partial charge in [0.25, 0.3) is 0 Å². The highest BCUT2D eigenvalue weighted by Gasteiger charge is 2.39. The van der Waals surface area contributed by atoms with Crippen molar-refractivity contribution in [1.82, 2.24) is 5.32 Å². The molecule has 3 rings (SSSR count). The number of hydrogen-bond acceptors (Lipinski definition) is 1. The van der Waals surface area contributed by atoms with Crippen molar-refractivity contribution in [3.05, 3.63) is 34.3 Å². The number of fused-ring (bicyclic) bond motifs is 2. The van der Waals surface area contributed by atoms with E-state index in [1.807, 2.05) is 0 Å². The van der Waals surface area contributed by atoms with E-state index in [-0.39, 0.29) is 0 Å². The SMILES string of the molecule is CNC(Cc1cccc(Br)c1)CC1CC2CCC1C2. The second-order valence-corrected chi connectivity index (χ2v) is 7.41. The van der Waals surface area contributed by atoms with E-state index in [2.05, 4.69) is 52.6 Å². The van der Waals surface area contributed by atoms with E-state index >= 15 is 0 Å². The zero-order chi connectivity index (χ0) is 13.2. The highest BCUT2D eigenvalue weighted by Crippen LogP contribution is 2.49. The van der Waals surface area contributed by atoms with Crippen molar-refractivity contribution < 1.29 is 0 Å². The van der Waals surface area contributed by atoms with Gasteiger partial charge in [-0.25, -0.2) is 0 Å². The summed E-state index contributed by atoms with van der Waals surface area (Å²) < 4.78 is 1.19. The molecule has 0 amide bonds. The fraction of sp³-hybridized carbons (Fsp3) is 0.647. The van der Waals surface area contributed by atoms with Crippen molar-refractivity contribution >= 4 is 15.9 Å². The molecule has 1 aromatic rings. The minimum absolute atomic E-state index is 0.638. The van der Waals surface area contributed by atoms with E-state index in [0.717, 1.165) is 24.2 Å². The molecule has 104 valence electrons. The minimum atomic E-state index is 0.638. The third kappa shape index (κ3) is 3.22. The topological polar surface area (TPSA) is 12.0 Å². The fourth-order valence-corrected chi connectivity index (χ4v) is 4.73. The van der Waals surface area contributed by atoms with Crippen LogP contribution in [0.15, 0.2) is 28.7 Å². The van der Waals surface area contributed by atoms with Gasteiger partial charge in [-0.15, -0.1) is 0 Å². The first-order chi connectivity index (χ1) is 9.24. The molecular weight excluding hydrogens is 298 g/mol. The van der Waals surface area contributed by atoms with Crippen molar-refractivity contribution in [2.24, 2.45) is 17.8 Å². The molecule has 2 aliphatic rings. The molecule has 1 nitrogen and oxygen atoms in total. The van der Waals surface area contributed by atoms with Gasteiger partial charge in [0.15, 0.2) is 0 Å². The molecule has 2 fully saturated rings. The molecule has 4 atom stereocenters. The molecule has 4 unspecified atom stereocenters. The average molecular weight is 322 g/mol. The Morgan fingerprint density at radius 3 is 2.84 bits per heavy atom. The van der Waals surface area contributed by atoms with E-state index in [1.54, 1.807) is 0 Å². The molecule has 19 heavy (non-hydrogen) atoms. The molecule has 0 radical (unpaired) electrons. The number of halogens is 1. The van der Waals surface area contributed by atoms with Crippen LogP contribution in [-0.2, 0) is 6.42 Å². The molecule has 0 spiro atoms. The van der Waals surface area contributed by atoms with Gasteiger partial charge in [0.2, 0.25) is 0 Å². The van der Waals surface area contributed by atoms with Gasteiger partial charge in [-0.2, -0.15) is 0 Å². The van der Waals surface area contributed by atoms with Crippen LogP contribution in [0.25, 0.3) is 0 Å². The molecule has 2 saturated carbocycles. The summed E-state index contributed by atoms with van der Waals surface area (Å²) in [5, 5.41) is 3.54. The predicted molar refractivity (Wildman–Crippen MR) is 84.2 cm³/mol. The maximum absolute atomic E-state index is 3.57. The Labute approximate surface area is 125 Å². The summed E-state index contributed by atoms with van der Waals surface area (Å²) in [6.07, 6.45) is 8.56. The summed E-state index contributed by atoms with van der Waals surface area (Å²) in [4.78, 5) is 0. The van der Waals surface area contributed by atoms with Crippen LogP contribution < -0.4 is 5.32 Å². The van der Waals surface area contributed by atoms with Crippen LogP contribution in [0, 0.1) is 17.8 Å². The van der Waals surface area contributed by atoms with E-state index in [9.17, 15) is 0 Å². The van der Waals surface area contributed by atoms with Gasteiger partial charge in [0.1, 0.15) is 0 Å². The van der Waals surface area contributed by atoms with Gasteiger partial charge in [0.05, 0.1) is 0 Å². The lowest BCUT2D eigenvalue weighted by atomic mass is 9.83. The molecule has 0 aromatic heterocycles. The Hall–Kier alpha value is -0.340. The van der Waals surface area contributed by atoms with Gasteiger partial charge in [0, 0.05) is 10.5 Å². The van der Waals surface area contributed by atoms with E-state index in [1.165, 1.54) is 42.1 Å². The summed E-state index contributed by atoms with van der Waals surface area (Å²) in [6, 6.07) is 9.39. The van der Waals surface area contributed by atoms with Crippen LogP contribution in [0.1, 0.15) is 37.7 Å². The molecule has 2 aliphatic carbocycles. The van der Waals surface area contributed by atoms with Crippen molar-refractivity contribution in [3.63, 3.8) is 0 Å². The lowest BCUT2D eigenvalue weighted by molar-refractivity contribution is 0.281. The van der Waals surface area contributed by atoms with Crippen molar-refractivity contribution in [1.29, 1.82) is 0 Å². The second-order valence-electron chi connectivity index (χ2n) is 6.49. The van der Waals surface area contributed by atoms with Crippen molar-refractivity contribution in [2.75, 3.05) is 7.05 Å². The monoisotopic (exact) mass is 321 g/mol. The largest absolute Gasteiger partial charge is 0.317 e. The Morgan fingerprint density at radius 1 is 1.32 bits per heavy atom. The Balaban J connectivity index is 1.59. The predicted octanol–water partition coefficient (Wildman–Crippen LogP) is 4.41. The summed E-state index contributed by atoms with van der Waals surface area (Å²) >= 11 is 3.57. The maximum atomic E-state index is 3.57. The molecule has 0 heterocycles. The quantitative estimate of drug-likeness (QED) is 0.847. The lowest BCUT2D eigenvalue weighted by Crippen LogP contribution is -2.31. The Morgan fingerprint density at radius 2 is 2.21 bits per heavy atom. The number of hydrogen-bond donors (Lipinski definition) is 1. The zero-order valence-corrected chi connectivity index (χ0v) is 13.3. The third-order valence-electron chi connectivity index (χ3n) is 5.25. The number of likely N-dealkylation sites (N-methyl/N-ethyl adjacent to an activating group) is 1. The molecular formula is C17H24BrN. The van der Waals surface area contributed by atoms with Crippen molar-refractivity contribution in [3.8, 4) is 0 Å². The summed E-state index contributed by atoms with van der Waals surface area (Å²) in [6.45, 7) is 0. The molecule has 0 saturated heterocycles. The zero-order valence-electron chi connectivity index (χ0n) is 11.7. The van der Waals surface area contributed by atoms with Crippen LogP contribution >= 0.6 is 15.9 Å². The average Bonchev–Trinajstić information content (AvgIpc) is 3.00. The van der Waals surface area contributed by atoms with Gasteiger partial charge in [-0.3, -0.25) is 0 Å². The summed E-state index contributed by atoms with van der Waals surface area (Å²) in [7, 11) is 2.12. The number of benzene rings is 1. The van der Waals surface area contributed by atoms with E-state index in [0.29, 0.717) is 6.04 Å². The number of rotatable bonds is 5. The van der Waals surface area contributed by atoms with E-state index in [4.69, 9.17) is 0 Å². The molecule has 1 N–H and O–H groups in total. The highest BCUT2D eigenvalue weighted by atomic mass is 79.9. The normalized spacial score (nSPS) is 30.7. The van der Waals surface area contributed by atoms with E-state index < -0.39 is 0 Å². The molecule has 0 aliphatic heterocycles. The van der Waals surface area contributed by atoms with Gasteiger partial charge in [-0.1, -0.05) is 34.5 Å². The second kappa shape index (κ2) is 5.97. The van der Waals surface area contributed by atoms with Crippen LogP contribution in [0.2, 0.25) is 0 Å². The van der Waals surface area contributed by atoms with Crippen molar-refractivity contribution in [2.45, 2.75) is 44.6 Å². The van der Waals surface area contributed by atoms with Gasteiger partial charge >= 0.3 is 0 Å². The first kappa shape index (κ1) is 13.6. The third-order valence-corrected chi connectivity index (χ3v) is 5.74. The smallest absolute Gasteiger partial charge is 0.0178 e. The molecule has 2 bridgehead atoms. The summed E-state index contributed by atoms with van der Waals surface area (Å²) in [5.41, 5.74) is 1.44. The Bertz CT molecular complexity index is 431. The van der Waals surface area contributed by atoms with Gasteiger partial charge < -0.3 is 5.32 Å². The highest BCUT2D eigenvalue weighted by molar-refractivity contribution is 9.10. The fourth-order valence-electron chi connectivity index (χ4n) is 4.28.